The second kappa shape index (κ2) is 6.83. The van der Waals surface area contributed by atoms with Crippen molar-refractivity contribution in [3.8, 4) is 0 Å². The Morgan fingerprint density at radius 1 is 1.08 bits per heavy atom. The first-order chi connectivity index (χ1) is 11.9. The van der Waals surface area contributed by atoms with Crippen molar-refractivity contribution in [2.75, 3.05) is 64.2 Å². The zero-order chi connectivity index (χ0) is 18.1. The molecule has 9 nitrogen and oxygen atoms in total. The monoisotopic (exact) mass is 347 g/mol. The Morgan fingerprint density at radius 2 is 1.76 bits per heavy atom. The normalized spacial score (nSPS) is 22.6. The summed E-state index contributed by atoms with van der Waals surface area (Å²) in [6.07, 6.45) is 1.76. The molecule has 0 spiro atoms. The molecule has 2 aliphatic rings. The van der Waals surface area contributed by atoms with Crippen molar-refractivity contribution < 1.29 is 9.59 Å². The standard InChI is InChI=1S/C16H25N7O2/c1-19(2)12-9-13(18-11-17-12)22-5-7-23(8-6-22)14-10-15(24)21(4)16(25)20(14)3/h9,11,14H,5-8,10H2,1-4H3. The van der Waals surface area contributed by atoms with Crippen LogP contribution in [0.15, 0.2) is 12.4 Å². The van der Waals surface area contributed by atoms with E-state index in [1.54, 1.807) is 18.3 Å². The molecule has 1 unspecified atom stereocenters. The van der Waals surface area contributed by atoms with E-state index in [2.05, 4.69) is 19.8 Å². The van der Waals surface area contributed by atoms with Gasteiger partial charge in [-0.1, -0.05) is 0 Å². The highest BCUT2D eigenvalue weighted by molar-refractivity contribution is 5.96. The molecule has 3 heterocycles. The van der Waals surface area contributed by atoms with Crippen molar-refractivity contribution in [3.63, 3.8) is 0 Å². The van der Waals surface area contributed by atoms with E-state index in [0.29, 0.717) is 6.42 Å². The number of amides is 3. The van der Waals surface area contributed by atoms with Crippen molar-refractivity contribution in [2.24, 2.45) is 0 Å². The second-order valence-corrected chi connectivity index (χ2v) is 6.68. The molecule has 0 aromatic carbocycles. The number of anilines is 2. The largest absolute Gasteiger partial charge is 0.363 e. The first-order valence-electron chi connectivity index (χ1n) is 8.40. The molecule has 2 saturated heterocycles. The summed E-state index contributed by atoms with van der Waals surface area (Å²) in [5.41, 5.74) is 0. The van der Waals surface area contributed by atoms with Crippen LogP contribution in [0.3, 0.4) is 0 Å². The summed E-state index contributed by atoms with van der Waals surface area (Å²) in [7, 11) is 7.20. The zero-order valence-corrected chi connectivity index (χ0v) is 15.2. The predicted octanol–water partition coefficient (Wildman–Crippen LogP) is -0.0954. The van der Waals surface area contributed by atoms with Crippen LogP contribution in [0.4, 0.5) is 16.4 Å². The van der Waals surface area contributed by atoms with Crippen molar-refractivity contribution in [1.29, 1.82) is 0 Å². The Labute approximate surface area is 147 Å². The lowest BCUT2D eigenvalue weighted by atomic mass is 10.1. The lowest BCUT2D eigenvalue weighted by Crippen LogP contribution is -2.62. The lowest BCUT2D eigenvalue weighted by Gasteiger charge is -2.45. The van der Waals surface area contributed by atoms with E-state index in [9.17, 15) is 9.59 Å². The number of piperazine rings is 1. The molecule has 3 rings (SSSR count). The average Bonchev–Trinajstić information content (AvgIpc) is 2.63. The maximum Gasteiger partial charge on any atom is 0.327 e. The van der Waals surface area contributed by atoms with Gasteiger partial charge in [0, 0.05) is 60.4 Å². The topological polar surface area (TPSA) is 76.1 Å². The Morgan fingerprint density at radius 3 is 2.40 bits per heavy atom. The van der Waals surface area contributed by atoms with Gasteiger partial charge < -0.3 is 14.7 Å². The zero-order valence-electron chi connectivity index (χ0n) is 15.2. The third-order valence-corrected chi connectivity index (χ3v) is 4.92. The van der Waals surface area contributed by atoms with Crippen LogP contribution in [-0.4, -0.2) is 97.1 Å². The summed E-state index contributed by atoms with van der Waals surface area (Å²) in [5, 5.41) is 0. The Hall–Kier alpha value is -2.42. The summed E-state index contributed by atoms with van der Waals surface area (Å²) in [6, 6.07) is 1.74. The fourth-order valence-corrected chi connectivity index (χ4v) is 3.28. The number of imide groups is 1. The maximum atomic E-state index is 12.1. The molecule has 2 fully saturated rings. The summed E-state index contributed by atoms with van der Waals surface area (Å²) >= 11 is 0. The molecule has 0 bridgehead atoms. The molecular weight excluding hydrogens is 322 g/mol. The Balaban J connectivity index is 1.65. The molecule has 0 radical (unpaired) electrons. The Kier molecular flexibility index (Phi) is 4.76. The van der Waals surface area contributed by atoms with E-state index >= 15 is 0 Å². The number of carbonyl (C=O) groups is 2. The molecule has 136 valence electrons. The van der Waals surface area contributed by atoms with E-state index in [4.69, 9.17) is 0 Å². The van der Waals surface area contributed by atoms with Gasteiger partial charge in [0.1, 0.15) is 18.0 Å². The van der Waals surface area contributed by atoms with Gasteiger partial charge in [0.2, 0.25) is 5.91 Å². The Bertz CT molecular complexity index is 658. The van der Waals surface area contributed by atoms with Crippen LogP contribution in [0.2, 0.25) is 0 Å². The van der Waals surface area contributed by atoms with Crippen molar-refractivity contribution >= 4 is 23.6 Å². The summed E-state index contributed by atoms with van der Waals surface area (Å²) in [6.45, 7) is 3.15. The van der Waals surface area contributed by atoms with Gasteiger partial charge in [-0.15, -0.1) is 0 Å². The van der Waals surface area contributed by atoms with Crippen LogP contribution in [0.5, 0.6) is 0 Å². The number of hydrogen-bond donors (Lipinski definition) is 0. The van der Waals surface area contributed by atoms with Gasteiger partial charge in [0.25, 0.3) is 0 Å². The number of nitrogens with zero attached hydrogens (tertiary/aromatic N) is 7. The molecule has 25 heavy (non-hydrogen) atoms. The third kappa shape index (κ3) is 3.37. The molecule has 3 amide bonds. The third-order valence-electron chi connectivity index (χ3n) is 4.92. The maximum absolute atomic E-state index is 12.1. The minimum atomic E-state index is -0.241. The molecule has 0 N–H and O–H groups in total. The minimum absolute atomic E-state index is 0.123. The van der Waals surface area contributed by atoms with Crippen LogP contribution >= 0.6 is 0 Å². The summed E-state index contributed by atoms with van der Waals surface area (Å²) < 4.78 is 0. The SMILES string of the molecule is CN1C(=O)CC(N2CCN(c3cc(N(C)C)ncn3)CC2)N(C)C1=O. The molecule has 0 aliphatic carbocycles. The molecular formula is C16H25N7O2. The van der Waals surface area contributed by atoms with Crippen LogP contribution in [-0.2, 0) is 4.79 Å². The van der Waals surface area contributed by atoms with E-state index in [1.807, 2.05) is 25.1 Å². The van der Waals surface area contributed by atoms with Gasteiger partial charge in [-0.05, 0) is 0 Å². The fourth-order valence-electron chi connectivity index (χ4n) is 3.28. The summed E-state index contributed by atoms with van der Waals surface area (Å²) in [4.78, 5) is 42.0. The number of rotatable bonds is 3. The van der Waals surface area contributed by atoms with Gasteiger partial charge in [-0.3, -0.25) is 14.6 Å². The van der Waals surface area contributed by atoms with Crippen molar-refractivity contribution in [3.05, 3.63) is 12.4 Å². The second-order valence-electron chi connectivity index (χ2n) is 6.68. The smallest absolute Gasteiger partial charge is 0.327 e. The van der Waals surface area contributed by atoms with Gasteiger partial charge >= 0.3 is 6.03 Å². The molecule has 9 heteroatoms. The molecule has 0 saturated carbocycles. The van der Waals surface area contributed by atoms with E-state index in [0.717, 1.165) is 37.8 Å². The predicted molar refractivity (Wildman–Crippen MR) is 94.5 cm³/mol. The van der Waals surface area contributed by atoms with Crippen LogP contribution in [0.1, 0.15) is 6.42 Å². The van der Waals surface area contributed by atoms with Gasteiger partial charge in [0.15, 0.2) is 0 Å². The van der Waals surface area contributed by atoms with E-state index in [1.165, 1.54) is 11.9 Å². The quantitative estimate of drug-likeness (QED) is 0.756. The first-order valence-corrected chi connectivity index (χ1v) is 8.40. The molecule has 1 aromatic heterocycles. The number of carbonyl (C=O) groups excluding carboxylic acids is 2. The fraction of sp³-hybridized carbons (Fsp3) is 0.625. The van der Waals surface area contributed by atoms with Crippen molar-refractivity contribution in [1.82, 2.24) is 24.7 Å². The first kappa shape index (κ1) is 17.4. The molecule has 1 atom stereocenters. The average molecular weight is 347 g/mol. The highest BCUT2D eigenvalue weighted by Gasteiger charge is 2.38. The lowest BCUT2D eigenvalue weighted by molar-refractivity contribution is -0.134. The van der Waals surface area contributed by atoms with E-state index in [-0.39, 0.29) is 18.1 Å². The minimum Gasteiger partial charge on any atom is -0.363 e. The van der Waals surface area contributed by atoms with E-state index < -0.39 is 0 Å². The van der Waals surface area contributed by atoms with Crippen LogP contribution < -0.4 is 9.80 Å². The highest BCUT2D eigenvalue weighted by atomic mass is 16.2. The van der Waals surface area contributed by atoms with Gasteiger partial charge in [0.05, 0.1) is 12.6 Å². The molecule has 2 aliphatic heterocycles. The number of urea groups is 1. The highest BCUT2D eigenvalue weighted by Crippen LogP contribution is 2.22. The van der Waals surface area contributed by atoms with Crippen LogP contribution in [0.25, 0.3) is 0 Å². The number of aromatic nitrogens is 2. The van der Waals surface area contributed by atoms with Gasteiger partial charge in [-0.25, -0.2) is 14.8 Å². The summed E-state index contributed by atoms with van der Waals surface area (Å²) in [5.74, 6) is 1.66. The van der Waals surface area contributed by atoms with Gasteiger partial charge in [-0.2, -0.15) is 0 Å². The van der Waals surface area contributed by atoms with Crippen LogP contribution in [0, 0.1) is 0 Å². The number of hydrogen-bond acceptors (Lipinski definition) is 7. The van der Waals surface area contributed by atoms with Crippen molar-refractivity contribution in [2.45, 2.75) is 12.6 Å². The molecule has 1 aromatic rings.